The first-order chi connectivity index (χ1) is 11.3. The van der Waals surface area contributed by atoms with Crippen molar-refractivity contribution in [3.63, 3.8) is 0 Å². The maximum Gasteiger partial charge on any atom is 0.119 e. The predicted octanol–water partition coefficient (Wildman–Crippen LogP) is 4.64. The monoisotopic (exact) mass is 309 g/mol. The highest BCUT2D eigenvalue weighted by molar-refractivity contribution is 5.29. The molecule has 1 aliphatic heterocycles. The Balaban J connectivity index is 1.55. The number of ether oxygens (including phenoxy) is 1. The third kappa shape index (κ3) is 4.14. The van der Waals surface area contributed by atoms with Gasteiger partial charge in [-0.3, -0.25) is 4.90 Å². The predicted molar refractivity (Wildman–Crippen MR) is 96.1 cm³/mol. The van der Waals surface area contributed by atoms with Gasteiger partial charge in [0.2, 0.25) is 0 Å². The number of likely N-dealkylation sites (tertiary alicyclic amines) is 1. The van der Waals surface area contributed by atoms with Gasteiger partial charge in [0.25, 0.3) is 0 Å². The Labute approximate surface area is 140 Å². The summed E-state index contributed by atoms with van der Waals surface area (Å²) in [6.07, 6.45) is 3.64. The molecular weight excluding hydrogens is 282 g/mol. The van der Waals surface area contributed by atoms with Gasteiger partial charge < -0.3 is 4.74 Å². The van der Waals surface area contributed by atoms with E-state index in [0.29, 0.717) is 0 Å². The largest absolute Gasteiger partial charge is 0.497 e. The Morgan fingerprint density at radius 2 is 1.74 bits per heavy atom. The maximum atomic E-state index is 5.32. The van der Waals surface area contributed by atoms with E-state index >= 15 is 0 Å². The summed E-state index contributed by atoms with van der Waals surface area (Å²) in [5.41, 5.74) is 4.29. The lowest BCUT2D eigenvalue weighted by Crippen LogP contribution is -2.32. The third-order valence-electron chi connectivity index (χ3n) is 4.99. The topological polar surface area (TPSA) is 12.5 Å². The zero-order chi connectivity index (χ0) is 16.1. The van der Waals surface area contributed by atoms with Crippen LogP contribution in [0, 0.1) is 0 Å². The van der Waals surface area contributed by atoms with Crippen molar-refractivity contribution in [2.45, 2.75) is 38.6 Å². The van der Waals surface area contributed by atoms with E-state index in [1.165, 1.54) is 42.6 Å². The van der Waals surface area contributed by atoms with Crippen molar-refractivity contribution in [3.05, 3.63) is 65.2 Å². The fraction of sp³-hybridized carbons (Fsp3) is 0.429. The normalized spacial score (nSPS) is 16.4. The van der Waals surface area contributed by atoms with E-state index in [1.807, 2.05) is 6.07 Å². The summed E-state index contributed by atoms with van der Waals surface area (Å²) in [7, 11) is 1.73. The zero-order valence-corrected chi connectivity index (χ0v) is 14.3. The molecule has 0 spiro atoms. The van der Waals surface area contributed by atoms with Gasteiger partial charge in [-0.05, 0) is 67.1 Å². The summed E-state index contributed by atoms with van der Waals surface area (Å²) in [4.78, 5) is 2.56. The molecule has 0 saturated carbocycles. The van der Waals surface area contributed by atoms with Crippen molar-refractivity contribution in [3.8, 4) is 5.75 Å². The van der Waals surface area contributed by atoms with Gasteiger partial charge in [0.1, 0.15) is 5.75 Å². The van der Waals surface area contributed by atoms with Crippen LogP contribution in [0.5, 0.6) is 5.75 Å². The van der Waals surface area contributed by atoms with Gasteiger partial charge in [-0.2, -0.15) is 0 Å². The van der Waals surface area contributed by atoms with Crippen LogP contribution in [0.25, 0.3) is 0 Å². The summed E-state index contributed by atoms with van der Waals surface area (Å²) in [5.74, 6) is 1.68. The van der Waals surface area contributed by atoms with Gasteiger partial charge in [-0.25, -0.2) is 0 Å². The number of aryl methyl sites for hydroxylation is 1. The molecule has 2 aromatic rings. The Morgan fingerprint density at radius 1 is 1.00 bits per heavy atom. The van der Waals surface area contributed by atoms with E-state index in [0.717, 1.165) is 24.6 Å². The lowest BCUT2D eigenvalue weighted by atomic mass is 9.88. The summed E-state index contributed by atoms with van der Waals surface area (Å²) < 4.78 is 5.32. The van der Waals surface area contributed by atoms with E-state index in [9.17, 15) is 0 Å². The molecule has 0 radical (unpaired) electrons. The van der Waals surface area contributed by atoms with E-state index in [4.69, 9.17) is 4.74 Å². The van der Waals surface area contributed by atoms with Crippen LogP contribution in [0.4, 0.5) is 0 Å². The highest BCUT2D eigenvalue weighted by Crippen LogP contribution is 2.29. The average Bonchev–Trinajstić information content (AvgIpc) is 2.63. The number of hydrogen-bond acceptors (Lipinski definition) is 2. The molecule has 0 amide bonds. The molecule has 3 rings (SSSR count). The molecule has 0 N–H and O–H groups in total. The second-order valence-corrected chi connectivity index (χ2v) is 6.50. The van der Waals surface area contributed by atoms with Gasteiger partial charge in [0, 0.05) is 6.54 Å². The quantitative estimate of drug-likeness (QED) is 0.798. The van der Waals surface area contributed by atoms with Gasteiger partial charge in [-0.15, -0.1) is 0 Å². The number of hydrogen-bond donors (Lipinski definition) is 0. The number of nitrogens with zero attached hydrogens (tertiary/aromatic N) is 1. The number of methoxy groups -OCH3 is 1. The fourth-order valence-corrected chi connectivity index (χ4v) is 3.48. The standard InChI is InChI=1S/C21H27NO/c1-3-17-7-9-19(10-8-17)20-11-13-22(14-12-20)16-18-5-4-6-21(15-18)23-2/h4-10,15,20H,3,11-14,16H2,1-2H3. The Hall–Kier alpha value is -1.80. The molecule has 1 aliphatic rings. The van der Waals surface area contributed by atoms with Crippen LogP contribution in [0.2, 0.25) is 0 Å². The molecule has 1 heterocycles. The summed E-state index contributed by atoms with van der Waals surface area (Å²) in [6, 6.07) is 17.7. The van der Waals surface area contributed by atoms with Gasteiger partial charge >= 0.3 is 0 Å². The van der Waals surface area contributed by atoms with Crippen LogP contribution in [0.15, 0.2) is 48.5 Å². The lowest BCUT2D eigenvalue weighted by Gasteiger charge is -2.32. The second-order valence-electron chi connectivity index (χ2n) is 6.50. The molecule has 2 nitrogen and oxygen atoms in total. The van der Waals surface area contributed by atoms with Crippen molar-refractivity contribution >= 4 is 0 Å². The molecule has 1 saturated heterocycles. The lowest BCUT2D eigenvalue weighted by molar-refractivity contribution is 0.204. The van der Waals surface area contributed by atoms with Crippen molar-refractivity contribution in [2.75, 3.05) is 20.2 Å². The van der Waals surface area contributed by atoms with Crippen molar-refractivity contribution in [2.24, 2.45) is 0 Å². The molecule has 0 aromatic heterocycles. The molecule has 0 aliphatic carbocycles. The number of rotatable bonds is 5. The summed E-state index contributed by atoms with van der Waals surface area (Å²) in [5, 5.41) is 0. The van der Waals surface area contributed by atoms with E-state index in [-0.39, 0.29) is 0 Å². The summed E-state index contributed by atoms with van der Waals surface area (Å²) in [6.45, 7) is 5.60. The van der Waals surface area contributed by atoms with E-state index in [1.54, 1.807) is 7.11 Å². The SMILES string of the molecule is CCc1ccc(C2CCN(Cc3cccc(OC)c3)CC2)cc1. The Morgan fingerprint density at radius 3 is 2.39 bits per heavy atom. The van der Waals surface area contributed by atoms with Crippen LogP contribution >= 0.6 is 0 Å². The molecule has 2 heteroatoms. The second kappa shape index (κ2) is 7.65. The number of piperidine rings is 1. The van der Waals surface area contributed by atoms with Crippen LogP contribution in [0.3, 0.4) is 0 Å². The van der Waals surface area contributed by atoms with Crippen LogP contribution < -0.4 is 4.74 Å². The van der Waals surface area contributed by atoms with E-state index in [2.05, 4.69) is 54.3 Å². The van der Waals surface area contributed by atoms with E-state index < -0.39 is 0 Å². The van der Waals surface area contributed by atoms with Crippen molar-refractivity contribution in [1.29, 1.82) is 0 Å². The van der Waals surface area contributed by atoms with Gasteiger partial charge in [-0.1, -0.05) is 43.3 Å². The Kier molecular flexibility index (Phi) is 5.35. The minimum absolute atomic E-state index is 0.725. The fourth-order valence-electron chi connectivity index (χ4n) is 3.48. The first-order valence-electron chi connectivity index (χ1n) is 8.72. The molecule has 0 unspecified atom stereocenters. The molecule has 0 bridgehead atoms. The molecular formula is C21H27NO. The third-order valence-corrected chi connectivity index (χ3v) is 4.99. The highest BCUT2D eigenvalue weighted by atomic mass is 16.5. The molecule has 122 valence electrons. The molecule has 2 aromatic carbocycles. The Bertz CT molecular complexity index is 612. The van der Waals surface area contributed by atoms with Crippen LogP contribution in [-0.2, 0) is 13.0 Å². The first-order valence-corrected chi connectivity index (χ1v) is 8.72. The van der Waals surface area contributed by atoms with Crippen LogP contribution in [0.1, 0.15) is 42.4 Å². The first kappa shape index (κ1) is 16.1. The van der Waals surface area contributed by atoms with Gasteiger partial charge in [0.15, 0.2) is 0 Å². The highest BCUT2D eigenvalue weighted by Gasteiger charge is 2.20. The van der Waals surface area contributed by atoms with Crippen LogP contribution in [-0.4, -0.2) is 25.1 Å². The molecule has 23 heavy (non-hydrogen) atoms. The number of benzene rings is 2. The average molecular weight is 309 g/mol. The molecule has 0 atom stereocenters. The van der Waals surface area contributed by atoms with Crippen molar-refractivity contribution < 1.29 is 4.74 Å². The maximum absolute atomic E-state index is 5.32. The zero-order valence-electron chi connectivity index (χ0n) is 14.3. The van der Waals surface area contributed by atoms with Gasteiger partial charge in [0.05, 0.1) is 7.11 Å². The minimum Gasteiger partial charge on any atom is -0.497 e. The molecule has 1 fully saturated rings. The minimum atomic E-state index is 0.725. The smallest absolute Gasteiger partial charge is 0.119 e. The van der Waals surface area contributed by atoms with Crippen molar-refractivity contribution in [1.82, 2.24) is 4.90 Å². The summed E-state index contributed by atoms with van der Waals surface area (Å²) >= 11 is 0.